The molecule has 236 valence electrons. The average molecular weight is 619 g/mol. The molecule has 8 nitrogen and oxygen atoms in total. The molecular weight excluding hydrogens is 580 g/mol. The van der Waals surface area contributed by atoms with E-state index >= 15 is 0 Å². The number of likely N-dealkylation sites (N-methyl/N-ethyl adjacent to an activating group) is 2. The van der Waals surface area contributed by atoms with Crippen LogP contribution in [-0.4, -0.2) is 63.4 Å². The van der Waals surface area contributed by atoms with Gasteiger partial charge < -0.3 is 28.4 Å². The molecule has 46 heavy (non-hydrogen) atoms. The first-order valence-electron chi connectivity index (χ1n) is 16.3. The molecule has 8 heteroatoms. The lowest BCUT2D eigenvalue weighted by atomic mass is 9.86. The molecule has 4 aromatic carbocycles. The summed E-state index contributed by atoms with van der Waals surface area (Å²) in [6, 6.07) is 21.6. The Kier molecular flexibility index (Phi) is 6.66. The van der Waals surface area contributed by atoms with Gasteiger partial charge in [0.05, 0.1) is 13.7 Å². The van der Waals surface area contributed by atoms with E-state index in [2.05, 4.69) is 78.5 Å². The highest BCUT2D eigenvalue weighted by Gasteiger charge is 2.37. The molecule has 6 aliphatic heterocycles. The molecule has 6 aliphatic rings. The van der Waals surface area contributed by atoms with Crippen LogP contribution in [0.1, 0.15) is 45.5 Å². The molecular formula is C38H38N2O6. The second kappa shape index (κ2) is 10.9. The molecule has 6 heterocycles. The summed E-state index contributed by atoms with van der Waals surface area (Å²) in [5, 5.41) is 0. The minimum atomic E-state index is 0.108. The Morgan fingerprint density at radius 3 is 2.24 bits per heavy atom. The third-order valence-corrected chi connectivity index (χ3v) is 10.2. The summed E-state index contributed by atoms with van der Waals surface area (Å²) < 4.78 is 37.6. The molecule has 0 radical (unpaired) electrons. The summed E-state index contributed by atoms with van der Waals surface area (Å²) in [6.07, 6.45) is 3.66. The fourth-order valence-corrected chi connectivity index (χ4v) is 7.51. The van der Waals surface area contributed by atoms with Crippen molar-refractivity contribution in [3.8, 4) is 46.0 Å². The van der Waals surface area contributed by atoms with Crippen LogP contribution in [0.3, 0.4) is 0 Å². The zero-order valence-electron chi connectivity index (χ0n) is 26.5. The van der Waals surface area contributed by atoms with Crippen LogP contribution in [0.5, 0.6) is 46.0 Å². The first-order chi connectivity index (χ1) is 22.5. The van der Waals surface area contributed by atoms with E-state index in [-0.39, 0.29) is 18.2 Å². The van der Waals surface area contributed by atoms with E-state index in [0.29, 0.717) is 12.4 Å². The van der Waals surface area contributed by atoms with E-state index in [4.69, 9.17) is 28.4 Å². The van der Waals surface area contributed by atoms with Crippen molar-refractivity contribution in [3.05, 3.63) is 94.0 Å². The van der Waals surface area contributed by atoms with Crippen LogP contribution in [-0.2, 0) is 30.4 Å². The Labute approximate surface area is 269 Å². The average Bonchev–Trinajstić information content (AvgIpc) is 3.90. The molecule has 0 spiro atoms. The van der Waals surface area contributed by atoms with Crippen LogP contribution in [0, 0.1) is 0 Å². The molecule has 0 saturated carbocycles. The second-order valence-corrected chi connectivity index (χ2v) is 13.2. The van der Waals surface area contributed by atoms with Crippen LogP contribution in [0.25, 0.3) is 0 Å². The summed E-state index contributed by atoms with van der Waals surface area (Å²) >= 11 is 0. The fourth-order valence-electron chi connectivity index (χ4n) is 7.51. The number of methoxy groups -OCH3 is 1. The van der Waals surface area contributed by atoms with Crippen molar-refractivity contribution in [3.63, 3.8) is 0 Å². The lowest BCUT2D eigenvalue weighted by Crippen LogP contribution is -2.34. The van der Waals surface area contributed by atoms with Crippen molar-refractivity contribution in [1.29, 1.82) is 0 Å². The first-order valence-corrected chi connectivity index (χ1v) is 16.3. The second-order valence-electron chi connectivity index (χ2n) is 13.2. The van der Waals surface area contributed by atoms with Gasteiger partial charge in [-0.1, -0.05) is 18.2 Å². The summed E-state index contributed by atoms with van der Waals surface area (Å²) in [6.45, 7) is 3.17. The smallest absolute Gasteiger partial charge is 0.212 e. The van der Waals surface area contributed by atoms with Gasteiger partial charge in [0.15, 0.2) is 34.5 Å². The Balaban J connectivity index is 1.20. The summed E-state index contributed by atoms with van der Waals surface area (Å²) in [5.41, 5.74) is 7.39. The SMILES string of the molecule is COc1cc2c3c4c1Oc1cc5c(cc1O4)[C@H](Cc1ccc(OCC4CO4)c(c1)Oc1ccc(cc1)C[C@@H]3N(C)CC2)N(C)CC5. The summed E-state index contributed by atoms with van der Waals surface area (Å²) in [5.74, 6) is 5.90. The van der Waals surface area contributed by atoms with Crippen molar-refractivity contribution in [1.82, 2.24) is 9.80 Å². The summed E-state index contributed by atoms with van der Waals surface area (Å²) in [4.78, 5) is 4.86. The zero-order chi connectivity index (χ0) is 30.9. The largest absolute Gasteiger partial charge is 0.493 e. The van der Waals surface area contributed by atoms with Gasteiger partial charge >= 0.3 is 0 Å². The predicted octanol–water partition coefficient (Wildman–Crippen LogP) is 7.02. The third kappa shape index (κ3) is 4.87. The van der Waals surface area contributed by atoms with E-state index in [9.17, 15) is 0 Å². The van der Waals surface area contributed by atoms with E-state index in [0.717, 1.165) is 85.6 Å². The Bertz CT molecular complexity index is 1830. The van der Waals surface area contributed by atoms with Gasteiger partial charge in [0, 0.05) is 30.7 Å². The molecule has 0 aromatic heterocycles. The standard InChI is InChI=1S/C38H38N2O6/c1-39-12-10-24-17-33-34-19-28(24)29(39)15-23-6-9-31(43-21-27-20-42-27)32(16-23)44-26-7-4-22(5-8-26)14-30-36-25(11-13-40(30)2)18-35(41-3)37(45-33)38(36)46-34/h4-9,16-19,27,29-30H,10-15,20-21H2,1-3H3/t27?,29-,30-/m0/s1. The maximum atomic E-state index is 6.93. The monoisotopic (exact) mass is 618 g/mol. The Hall–Kier alpha value is -4.24. The number of ether oxygens (including phenoxy) is 6. The van der Waals surface area contributed by atoms with Crippen molar-refractivity contribution in [2.24, 2.45) is 0 Å². The van der Waals surface area contributed by atoms with Gasteiger partial charge in [-0.15, -0.1) is 0 Å². The molecule has 0 amide bonds. The maximum absolute atomic E-state index is 6.93. The van der Waals surface area contributed by atoms with Crippen molar-refractivity contribution in [2.45, 2.75) is 43.9 Å². The van der Waals surface area contributed by atoms with Crippen LogP contribution in [0.2, 0.25) is 0 Å². The lowest BCUT2D eigenvalue weighted by molar-refractivity contribution is 0.218. The van der Waals surface area contributed by atoms with E-state index < -0.39 is 0 Å². The highest BCUT2D eigenvalue weighted by Crippen LogP contribution is 2.56. The van der Waals surface area contributed by atoms with Crippen molar-refractivity contribution >= 4 is 0 Å². The number of rotatable bonds is 4. The number of fused-ring (bicyclic) bond motifs is 2. The summed E-state index contributed by atoms with van der Waals surface area (Å²) in [7, 11) is 6.11. The number of epoxide rings is 1. The number of nitrogens with zero attached hydrogens (tertiary/aromatic N) is 2. The van der Waals surface area contributed by atoms with Gasteiger partial charge in [0.25, 0.3) is 0 Å². The molecule has 1 saturated heterocycles. The highest BCUT2D eigenvalue weighted by atomic mass is 16.6. The molecule has 1 fully saturated rings. The van der Waals surface area contributed by atoms with Gasteiger partial charge in [-0.05, 0) is 110 Å². The van der Waals surface area contributed by atoms with Gasteiger partial charge in [0.2, 0.25) is 5.75 Å². The Morgan fingerprint density at radius 2 is 1.43 bits per heavy atom. The topological polar surface area (TPSA) is 65.2 Å². The van der Waals surface area contributed by atoms with Crippen LogP contribution in [0.4, 0.5) is 0 Å². The minimum absolute atomic E-state index is 0.108. The lowest BCUT2D eigenvalue weighted by Gasteiger charge is -2.39. The molecule has 0 N–H and O–H groups in total. The molecule has 10 rings (SSSR count). The van der Waals surface area contributed by atoms with Gasteiger partial charge in [-0.2, -0.15) is 0 Å². The number of benzene rings is 4. The normalized spacial score (nSPS) is 22.6. The maximum Gasteiger partial charge on any atom is 0.212 e. The first kappa shape index (κ1) is 28.0. The third-order valence-electron chi connectivity index (χ3n) is 10.2. The quantitative estimate of drug-likeness (QED) is 0.199. The molecule has 7 bridgehead atoms. The van der Waals surface area contributed by atoms with Gasteiger partial charge in [0.1, 0.15) is 18.5 Å². The molecule has 0 aliphatic carbocycles. The van der Waals surface area contributed by atoms with Gasteiger partial charge in [-0.3, -0.25) is 9.80 Å². The fraction of sp³-hybridized carbons (Fsp3) is 0.368. The molecule has 1 unspecified atom stereocenters. The number of hydrogen-bond donors (Lipinski definition) is 0. The molecule has 3 atom stereocenters. The van der Waals surface area contributed by atoms with E-state index in [1.54, 1.807) is 7.11 Å². The predicted molar refractivity (Wildman–Crippen MR) is 173 cm³/mol. The van der Waals surface area contributed by atoms with Crippen LogP contribution in [0.15, 0.2) is 60.7 Å². The van der Waals surface area contributed by atoms with Crippen molar-refractivity contribution in [2.75, 3.05) is 47.5 Å². The van der Waals surface area contributed by atoms with Crippen LogP contribution >= 0.6 is 0 Å². The van der Waals surface area contributed by atoms with E-state index in [1.807, 2.05) is 6.07 Å². The van der Waals surface area contributed by atoms with Gasteiger partial charge in [-0.25, -0.2) is 0 Å². The zero-order valence-corrected chi connectivity index (χ0v) is 26.5. The highest BCUT2D eigenvalue weighted by molar-refractivity contribution is 5.67. The van der Waals surface area contributed by atoms with E-state index in [1.165, 1.54) is 33.4 Å². The molecule has 4 aromatic rings. The Morgan fingerprint density at radius 1 is 0.717 bits per heavy atom. The number of hydrogen-bond acceptors (Lipinski definition) is 8. The minimum Gasteiger partial charge on any atom is -0.493 e. The van der Waals surface area contributed by atoms with Crippen LogP contribution < -0.4 is 23.7 Å². The van der Waals surface area contributed by atoms with Crippen molar-refractivity contribution < 1.29 is 28.4 Å².